The average Bonchev–Trinajstić information content (AvgIpc) is 3.34. The molecule has 0 unspecified atom stereocenters. The zero-order valence-electron chi connectivity index (χ0n) is 16.4. The van der Waals surface area contributed by atoms with E-state index in [4.69, 9.17) is 0 Å². The molecule has 30 heavy (non-hydrogen) atoms. The summed E-state index contributed by atoms with van der Waals surface area (Å²) in [6, 6.07) is 7.83. The van der Waals surface area contributed by atoms with Gasteiger partial charge in [0.1, 0.15) is 10.0 Å². The van der Waals surface area contributed by atoms with E-state index in [2.05, 4.69) is 19.9 Å². The molecule has 0 aromatic carbocycles. The molecule has 0 radical (unpaired) electrons. The highest BCUT2D eigenvalue weighted by molar-refractivity contribution is 7.16. The van der Waals surface area contributed by atoms with Crippen molar-refractivity contribution in [1.82, 2.24) is 19.9 Å². The number of aromatic nitrogens is 4. The first-order chi connectivity index (χ1) is 14.6. The van der Waals surface area contributed by atoms with Crippen molar-refractivity contribution in [2.45, 2.75) is 13.8 Å². The molecule has 0 saturated heterocycles. The summed E-state index contributed by atoms with van der Waals surface area (Å²) in [7, 11) is 0. The highest BCUT2D eigenvalue weighted by atomic mass is 32.1. The van der Waals surface area contributed by atoms with Gasteiger partial charge in [0.05, 0.1) is 21.1 Å². The van der Waals surface area contributed by atoms with E-state index < -0.39 is 0 Å². The van der Waals surface area contributed by atoms with Gasteiger partial charge >= 0.3 is 0 Å². The molecule has 0 saturated carbocycles. The third kappa shape index (κ3) is 4.64. The summed E-state index contributed by atoms with van der Waals surface area (Å²) in [5.41, 5.74) is 4.04. The minimum Gasteiger partial charge on any atom is -0.290 e. The number of ketones is 1. The van der Waals surface area contributed by atoms with Crippen molar-refractivity contribution < 1.29 is 4.79 Å². The van der Waals surface area contributed by atoms with Gasteiger partial charge in [0.15, 0.2) is 5.78 Å². The lowest BCUT2D eigenvalue weighted by atomic mass is 10.2. The molecule has 4 aromatic rings. The van der Waals surface area contributed by atoms with Crippen molar-refractivity contribution in [3.8, 4) is 20.9 Å². The third-order valence-electron chi connectivity index (χ3n) is 4.29. The van der Waals surface area contributed by atoms with Crippen LogP contribution in [0, 0.1) is 13.8 Å². The van der Waals surface area contributed by atoms with E-state index in [9.17, 15) is 4.79 Å². The molecule has 0 bridgehead atoms. The molecular formula is C23H18N4OS2. The van der Waals surface area contributed by atoms with Gasteiger partial charge in [-0.25, -0.2) is 9.97 Å². The van der Waals surface area contributed by atoms with Crippen molar-refractivity contribution in [3.63, 3.8) is 0 Å². The maximum absolute atomic E-state index is 12.3. The van der Waals surface area contributed by atoms with E-state index >= 15 is 0 Å². The normalized spacial score (nSPS) is 11.5. The lowest BCUT2D eigenvalue weighted by Gasteiger charge is -1.95. The van der Waals surface area contributed by atoms with Gasteiger partial charge in [-0.05, 0) is 73.5 Å². The Morgan fingerprint density at radius 3 is 1.53 bits per heavy atom. The third-order valence-corrected chi connectivity index (χ3v) is 6.64. The fourth-order valence-corrected chi connectivity index (χ4v) is 4.83. The highest BCUT2D eigenvalue weighted by Crippen LogP contribution is 2.31. The van der Waals surface area contributed by atoms with Crippen molar-refractivity contribution >= 4 is 40.6 Å². The molecule has 0 N–H and O–H groups in total. The van der Waals surface area contributed by atoms with Crippen molar-refractivity contribution in [1.29, 1.82) is 0 Å². The van der Waals surface area contributed by atoms with Gasteiger partial charge in [0.25, 0.3) is 0 Å². The number of hydrogen-bond acceptors (Lipinski definition) is 7. The van der Waals surface area contributed by atoms with E-state index in [-0.39, 0.29) is 5.78 Å². The second-order valence-electron chi connectivity index (χ2n) is 6.47. The summed E-state index contributed by atoms with van der Waals surface area (Å²) in [4.78, 5) is 31.6. The Hall–Kier alpha value is -3.29. The Morgan fingerprint density at radius 2 is 1.13 bits per heavy atom. The van der Waals surface area contributed by atoms with E-state index in [1.54, 1.807) is 59.6 Å². The summed E-state index contributed by atoms with van der Waals surface area (Å²) in [6.07, 6.45) is 13.6. The van der Waals surface area contributed by atoms with Crippen LogP contribution < -0.4 is 0 Å². The lowest BCUT2D eigenvalue weighted by molar-refractivity contribution is -0.110. The van der Waals surface area contributed by atoms with Crippen LogP contribution in [0.15, 0.2) is 61.2 Å². The number of hydrogen-bond donors (Lipinski definition) is 0. The first-order valence-electron chi connectivity index (χ1n) is 9.26. The monoisotopic (exact) mass is 430 g/mol. The number of carbonyl (C=O) groups is 1. The Bertz CT molecular complexity index is 1130. The lowest BCUT2D eigenvalue weighted by Crippen LogP contribution is -1.84. The maximum atomic E-state index is 12.3. The van der Waals surface area contributed by atoms with Crippen LogP contribution in [0.3, 0.4) is 0 Å². The van der Waals surface area contributed by atoms with E-state index in [1.165, 1.54) is 12.2 Å². The molecule has 4 rings (SSSR count). The summed E-state index contributed by atoms with van der Waals surface area (Å²) in [6.45, 7) is 3.94. The number of thiazole rings is 2. The maximum Gasteiger partial charge on any atom is 0.178 e. The Kier molecular flexibility index (Phi) is 6.02. The first-order valence-corrected chi connectivity index (χ1v) is 10.9. The number of nitrogens with zero attached hydrogens (tertiary/aromatic N) is 4. The molecule has 148 valence electrons. The van der Waals surface area contributed by atoms with Crippen molar-refractivity contribution in [2.75, 3.05) is 0 Å². The Morgan fingerprint density at radius 1 is 0.733 bits per heavy atom. The Labute approximate surface area is 182 Å². The average molecular weight is 431 g/mol. The molecule has 0 amide bonds. The topological polar surface area (TPSA) is 68.6 Å². The van der Waals surface area contributed by atoms with Gasteiger partial charge in [-0.2, -0.15) is 0 Å². The molecule has 5 nitrogen and oxygen atoms in total. The summed E-state index contributed by atoms with van der Waals surface area (Å²) >= 11 is 3.11. The quantitative estimate of drug-likeness (QED) is 0.371. The van der Waals surface area contributed by atoms with Crippen LogP contribution in [-0.4, -0.2) is 25.7 Å². The van der Waals surface area contributed by atoms with Crippen LogP contribution in [0.5, 0.6) is 0 Å². The van der Waals surface area contributed by atoms with Gasteiger partial charge < -0.3 is 0 Å². The van der Waals surface area contributed by atoms with Crippen LogP contribution in [0.1, 0.15) is 21.4 Å². The van der Waals surface area contributed by atoms with Crippen LogP contribution in [0.2, 0.25) is 0 Å². The van der Waals surface area contributed by atoms with E-state index in [1.807, 2.05) is 38.1 Å². The van der Waals surface area contributed by atoms with Gasteiger partial charge in [-0.15, -0.1) is 22.7 Å². The predicted octanol–water partition coefficient (Wildman–Crippen LogP) is 5.64. The molecule has 7 heteroatoms. The highest BCUT2D eigenvalue weighted by Gasteiger charge is 2.09. The first kappa shape index (κ1) is 20.0. The van der Waals surface area contributed by atoms with Crippen molar-refractivity contribution in [3.05, 3.63) is 82.6 Å². The van der Waals surface area contributed by atoms with Gasteiger partial charge in [-0.3, -0.25) is 14.8 Å². The molecule has 0 aliphatic rings. The zero-order valence-corrected chi connectivity index (χ0v) is 18.1. The zero-order chi connectivity index (χ0) is 20.9. The number of allylic oxidation sites excluding steroid dienone is 2. The largest absolute Gasteiger partial charge is 0.290 e. The SMILES string of the molecule is Cc1nc(/C=C/C(=O)/C=C/c2nc(C)c(-c3ccncc3)s2)sc1-c1ccncc1. The van der Waals surface area contributed by atoms with Crippen molar-refractivity contribution in [2.24, 2.45) is 0 Å². The van der Waals surface area contributed by atoms with Crippen LogP contribution in [0.25, 0.3) is 33.0 Å². The molecule has 0 spiro atoms. The van der Waals surface area contributed by atoms with Gasteiger partial charge in [0, 0.05) is 24.8 Å². The number of pyridine rings is 2. The smallest absolute Gasteiger partial charge is 0.178 e. The molecule has 0 aliphatic carbocycles. The molecular weight excluding hydrogens is 412 g/mol. The fourth-order valence-electron chi connectivity index (χ4n) is 2.88. The van der Waals surface area contributed by atoms with E-state index in [0.717, 1.165) is 42.3 Å². The molecule has 4 aromatic heterocycles. The fraction of sp³-hybridized carbons (Fsp3) is 0.0870. The number of aryl methyl sites for hydroxylation is 2. The number of rotatable bonds is 6. The van der Waals surface area contributed by atoms with Gasteiger partial charge in [0.2, 0.25) is 0 Å². The number of carbonyl (C=O) groups excluding carboxylic acids is 1. The summed E-state index contributed by atoms with van der Waals surface area (Å²) < 4.78 is 0. The van der Waals surface area contributed by atoms with E-state index in [0.29, 0.717) is 0 Å². The molecule has 0 atom stereocenters. The molecule has 4 heterocycles. The molecule has 0 aliphatic heterocycles. The minimum absolute atomic E-state index is 0.105. The van der Waals surface area contributed by atoms with Crippen LogP contribution >= 0.6 is 22.7 Å². The molecule has 0 fully saturated rings. The Balaban J connectivity index is 1.45. The second kappa shape index (κ2) is 9.02. The predicted molar refractivity (Wildman–Crippen MR) is 123 cm³/mol. The van der Waals surface area contributed by atoms with Gasteiger partial charge in [-0.1, -0.05) is 0 Å². The summed E-state index contributed by atoms with van der Waals surface area (Å²) in [5.74, 6) is -0.105. The van der Waals surface area contributed by atoms with Crippen LogP contribution in [-0.2, 0) is 4.79 Å². The minimum atomic E-state index is -0.105. The second-order valence-corrected chi connectivity index (χ2v) is 8.54. The summed E-state index contributed by atoms with van der Waals surface area (Å²) in [5, 5.41) is 1.59. The van der Waals surface area contributed by atoms with Crippen LogP contribution in [0.4, 0.5) is 0 Å². The standard InChI is InChI=1S/C23H18N4OS2/c1-15-22(17-7-11-24-12-8-17)29-20(26-15)5-3-19(28)4-6-21-27-16(2)23(30-21)18-9-13-25-14-10-18/h3-14H,1-2H3/b5-3+,6-4+.